The minimum atomic E-state index is -5.53. The Morgan fingerprint density at radius 1 is 0.830 bits per heavy atom. The number of aryl methyl sites for hydroxylation is 1. The molecule has 1 aliphatic heterocycles. The highest BCUT2D eigenvalue weighted by Crippen LogP contribution is 2.69. The molecule has 2 aromatic rings. The lowest BCUT2D eigenvalue weighted by Crippen LogP contribution is -2.33. The normalized spacial score (nSPS) is 19.0. The van der Waals surface area contributed by atoms with Crippen LogP contribution < -0.4 is 16.0 Å². The Labute approximate surface area is 310 Å². The number of hydrogen-bond donors (Lipinski definition) is 3. The molecule has 1 aromatic heterocycles. The summed E-state index contributed by atoms with van der Waals surface area (Å²) in [6.07, 6.45) is 13.5. The molecule has 53 heavy (non-hydrogen) atoms. The lowest BCUT2D eigenvalue weighted by Gasteiger charge is -2.23. The fourth-order valence-electron chi connectivity index (χ4n) is 5.26. The molecule has 0 fully saturated rings. The topological polar surface area (TPSA) is 219 Å². The van der Waals surface area contributed by atoms with Gasteiger partial charge in [0.05, 0.1) is 19.4 Å². The molecule has 19 heteroatoms. The largest absolute Gasteiger partial charge is 0.488 e. The van der Waals surface area contributed by atoms with Crippen molar-refractivity contribution < 1.29 is 55.4 Å². The highest BCUT2D eigenvalue weighted by molar-refractivity contribution is 7.68. The van der Waals surface area contributed by atoms with E-state index in [-0.39, 0.29) is 30.7 Å². The van der Waals surface area contributed by atoms with E-state index in [9.17, 15) is 37.9 Å². The zero-order valence-electron chi connectivity index (χ0n) is 30.6. The second-order valence-electron chi connectivity index (χ2n) is 12.8. The summed E-state index contributed by atoms with van der Waals surface area (Å²) in [7, 11) is -15.3. The molecule has 0 amide bonds. The summed E-state index contributed by atoms with van der Waals surface area (Å²) >= 11 is 0. The van der Waals surface area contributed by atoms with E-state index >= 15 is 0 Å². The standard InChI is InChI=1S/C34H53N2O14P3/c1-4-6-8-9-10-11-12-13-14-15-23-51(40,45-25-28-17-19-29(20-18-28)48-32(37)16-7-5-2)49-53(43,44)50-52(41,42)46-26-30-21-22-31(47-30)36-24-27(3)33(38)35-34(36)39/h17-22,24,30-31H,4-16,23,25-26H2,1-3H3,(H,41,42)(H,43,44)(H,35,38,39)/t30-,31+,51?/m0/s1. The number of aromatic nitrogens is 2. The van der Waals surface area contributed by atoms with Crippen LogP contribution in [0.1, 0.15) is 115 Å². The van der Waals surface area contributed by atoms with Crippen molar-refractivity contribution in [3.63, 3.8) is 0 Å². The third kappa shape index (κ3) is 16.8. The van der Waals surface area contributed by atoms with Crippen LogP contribution in [0.4, 0.5) is 0 Å². The van der Waals surface area contributed by atoms with E-state index in [4.69, 9.17) is 22.8 Å². The Kier molecular flexibility index (Phi) is 18.8. The van der Waals surface area contributed by atoms with Gasteiger partial charge in [0.25, 0.3) is 5.56 Å². The van der Waals surface area contributed by atoms with Gasteiger partial charge in [-0.05, 0) is 43.5 Å². The van der Waals surface area contributed by atoms with Crippen LogP contribution in [0.5, 0.6) is 5.75 Å². The van der Waals surface area contributed by atoms with Gasteiger partial charge in [0.15, 0.2) is 6.23 Å². The fourth-order valence-corrected chi connectivity index (χ4v) is 10.1. The molecule has 3 N–H and O–H groups in total. The van der Waals surface area contributed by atoms with Gasteiger partial charge in [-0.3, -0.25) is 28.2 Å². The number of nitrogens with zero attached hydrogens (tertiary/aromatic N) is 1. The number of phosphoric ester groups is 1. The van der Waals surface area contributed by atoms with Gasteiger partial charge in [0.2, 0.25) is 0 Å². The van der Waals surface area contributed by atoms with Crippen molar-refractivity contribution in [2.45, 2.75) is 123 Å². The van der Waals surface area contributed by atoms with Gasteiger partial charge in [-0.25, -0.2) is 18.2 Å². The highest BCUT2D eigenvalue weighted by atomic mass is 31.3. The van der Waals surface area contributed by atoms with Crippen molar-refractivity contribution in [1.29, 1.82) is 0 Å². The Hall–Kier alpha value is -2.48. The predicted octanol–water partition coefficient (Wildman–Crippen LogP) is 7.98. The van der Waals surface area contributed by atoms with Crippen LogP contribution in [0.2, 0.25) is 0 Å². The predicted molar refractivity (Wildman–Crippen MR) is 198 cm³/mol. The second kappa shape index (κ2) is 22.2. The summed E-state index contributed by atoms with van der Waals surface area (Å²) in [6, 6.07) is 6.19. The molecule has 3 unspecified atom stereocenters. The van der Waals surface area contributed by atoms with E-state index in [1.807, 2.05) is 6.92 Å². The quantitative estimate of drug-likeness (QED) is 0.0270. The molecule has 298 valence electrons. The molecule has 0 aliphatic carbocycles. The number of benzene rings is 1. The Bertz CT molecular complexity index is 1740. The first kappa shape index (κ1) is 44.9. The molecule has 0 spiro atoms. The van der Waals surface area contributed by atoms with Gasteiger partial charge in [-0.15, -0.1) is 0 Å². The number of hydrogen-bond acceptors (Lipinski definition) is 12. The Balaban J connectivity index is 1.58. The van der Waals surface area contributed by atoms with Crippen molar-refractivity contribution in [2.24, 2.45) is 0 Å². The minimum Gasteiger partial charge on any atom is -0.427 e. The van der Waals surface area contributed by atoms with E-state index in [0.29, 0.717) is 30.6 Å². The fraction of sp³-hybridized carbons (Fsp3) is 0.618. The summed E-state index contributed by atoms with van der Waals surface area (Å²) in [5, 5.41) is 0. The third-order valence-corrected chi connectivity index (χ3v) is 13.5. The zero-order valence-corrected chi connectivity index (χ0v) is 33.3. The number of H-pyrrole nitrogens is 1. The van der Waals surface area contributed by atoms with E-state index in [1.165, 1.54) is 63.1 Å². The number of unbranched alkanes of at least 4 members (excludes halogenated alkanes) is 10. The maximum absolute atomic E-state index is 13.8. The van der Waals surface area contributed by atoms with Gasteiger partial charge in [0.1, 0.15) is 11.9 Å². The van der Waals surface area contributed by atoms with Crippen LogP contribution in [0.15, 0.2) is 52.2 Å². The van der Waals surface area contributed by atoms with E-state index in [0.717, 1.165) is 36.7 Å². The van der Waals surface area contributed by atoms with Gasteiger partial charge in [-0.2, -0.15) is 4.31 Å². The van der Waals surface area contributed by atoms with Crippen LogP contribution in [0.3, 0.4) is 0 Å². The van der Waals surface area contributed by atoms with Crippen molar-refractivity contribution in [3.8, 4) is 5.75 Å². The molecule has 5 atom stereocenters. The summed E-state index contributed by atoms with van der Waals surface area (Å²) in [6.45, 7) is 4.66. The number of rotatable bonds is 26. The van der Waals surface area contributed by atoms with Gasteiger partial charge < -0.3 is 23.8 Å². The molecular formula is C34H53N2O14P3. The van der Waals surface area contributed by atoms with Crippen LogP contribution in [-0.4, -0.2) is 44.2 Å². The number of nitrogens with one attached hydrogen (secondary N) is 1. The average Bonchev–Trinajstić information content (AvgIpc) is 3.57. The van der Waals surface area contributed by atoms with E-state index in [1.54, 1.807) is 12.1 Å². The summed E-state index contributed by atoms with van der Waals surface area (Å²) < 4.78 is 71.4. The number of phosphoric acid groups is 2. The molecule has 2 heterocycles. The van der Waals surface area contributed by atoms with Gasteiger partial charge in [0, 0.05) is 18.2 Å². The summed E-state index contributed by atoms with van der Waals surface area (Å²) in [5.41, 5.74) is -0.564. The van der Waals surface area contributed by atoms with Crippen molar-refractivity contribution >= 4 is 29.2 Å². The SMILES string of the molecule is CCCCCCCCCCCCP(=O)(OCc1ccc(OC(=O)CCCC)cc1)OP(=O)(O)OP(=O)(O)OC[C@@H]1C=C[C@H](n2cc(C)c(=O)[nH]c2=O)O1. The first-order valence-corrected chi connectivity index (χ1v) is 22.8. The zero-order chi connectivity index (χ0) is 38.9. The van der Waals surface area contributed by atoms with Crippen LogP contribution in [-0.2, 0) is 47.5 Å². The lowest BCUT2D eigenvalue weighted by molar-refractivity contribution is -0.134. The molecule has 16 nitrogen and oxygen atoms in total. The van der Waals surface area contributed by atoms with Gasteiger partial charge >= 0.3 is 34.9 Å². The first-order chi connectivity index (χ1) is 25.1. The van der Waals surface area contributed by atoms with Gasteiger partial charge in [-0.1, -0.05) is 96.3 Å². The summed E-state index contributed by atoms with van der Waals surface area (Å²) in [4.78, 5) is 58.7. The first-order valence-electron chi connectivity index (χ1n) is 18.1. The van der Waals surface area contributed by atoms with E-state index in [2.05, 4.69) is 16.2 Å². The monoisotopic (exact) mass is 806 g/mol. The summed E-state index contributed by atoms with van der Waals surface area (Å²) in [5.74, 6) is -0.0655. The molecule has 3 rings (SSSR count). The lowest BCUT2D eigenvalue weighted by atomic mass is 10.1. The number of ether oxygens (including phenoxy) is 2. The number of aromatic amines is 1. The molecule has 1 aromatic carbocycles. The second-order valence-corrected chi connectivity index (χ2v) is 18.2. The number of carbonyl (C=O) groups excluding carboxylic acids is 1. The van der Waals surface area contributed by atoms with Crippen molar-refractivity contribution in [3.05, 3.63) is 74.6 Å². The Morgan fingerprint density at radius 3 is 2.09 bits per heavy atom. The molecule has 0 radical (unpaired) electrons. The highest BCUT2D eigenvalue weighted by Gasteiger charge is 2.42. The maximum atomic E-state index is 13.8. The van der Waals surface area contributed by atoms with Crippen molar-refractivity contribution in [1.82, 2.24) is 9.55 Å². The molecule has 1 aliphatic rings. The smallest absolute Gasteiger partial charge is 0.427 e. The number of carbonyl (C=O) groups is 1. The maximum Gasteiger partial charge on any atom is 0.488 e. The van der Waals surface area contributed by atoms with Crippen LogP contribution >= 0.6 is 23.2 Å². The third-order valence-electron chi connectivity index (χ3n) is 8.16. The van der Waals surface area contributed by atoms with Crippen molar-refractivity contribution in [2.75, 3.05) is 12.8 Å². The molecule has 0 bridgehead atoms. The Morgan fingerprint density at radius 2 is 1.45 bits per heavy atom. The van der Waals surface area contributed by atoms with Crippen LogP contribution in [0, 0.1) is 6.92 Å². The molecule has 0 saturated heterocycles. The minimum absolute atomic E-state index is 0.251. The average molecular weight is 807 g/mol. The van der Waals surface area contributed by atoms with Crippen LogP contribution in [0.25, 0.3) is 0 Å². The van der Waals surface area contributed by atoms with E-state index < -0.39 is 53.4 Å². The number of esters is 1. The molecular weight excluding hydrogens is 753 g/mol. The molecule has 0 saturated carbocycles.